The van der Waals surface area contributed by atoms with Crippen LogP contribution in [0.4, 0.5) is 5.69 Å². The number of amides is 1. The molecule has 3 aromatic rings. The Hall–Kier alpha value is -3.63. The van der Waals surface area contributed by atoms with Crippen LogP contribution in [-0.2, 0) is 21.2 Å². The molecule has 1 aliphatic heterocycles. The zero-order valence-electron chi connectivity index (χ0n) is 19.9. The van der Waals surface area contributed by atoms with E-state index in [2.05, 4.69) is 17.2 Å². The van der Waals surface area contributed by atoms with E-state index in [-0.39, 0.29) is 27.5 Å². The number of nitrogens with one attached hydrogen (secondary N) is 2. The SMILES string of the molecule is Cc1cc(S(C)(=O)=O)[nH]c1C(=O)NC12C(=O)c3c(N)cccc3C1(O)Oc1cc(C3C[C@@H]3C)ccc12. The van der Waals surface area contributed by atoms with Gasteiger partial charge in [-0.15, -0.1) is 0 Å². The Kier molecular flexibility index (Phi) is 4.42. The van der Waals surface area contributed by atoms with Crippen LogP contribution in [0.5, 0.6) is 5.75 Å². The van der Waals surface area contributed by atoms with Gasteiger partial charge in [0, 0.05) is 23.1 Å². The summed E-state index contributed by atoms with van der Waals surface area (Å²) in [5, 5.41) is 14.6. The number of ether oxygens (including phenoxy) is 1. The van der Waals surface area contributed by atoms with Crippen LogP contribution in [0.1, 0.15) is 62.4 Å². The number of aromatic amines is 1. The van der Waals surface area contributed by atoms with Crippen molar-refractivity contribution in [3.8, 4) is 5.75 Å². The summed E-state index contributed by atoms with van der Waals surface area (Å²) >= 11 is 0. The number of fused-ring (bicyclic) bond motifs is 5. The number of benzene rings is 2. The molecule has 6 rings (SSSR count). The lowest BCUT2D eigenvalue weighted by Crippen LogP contribution is -2.60. The Bertz CT molecular complexity index is 1610. The predicted molar refractivity (Wildman–Crippen MR) is 130 cm³/mol. The molecule has 3 unspecified atom stereocenters. The number of hydrogen-bond acceptors (Lipinski definition) is 7. The molecular weight excluding hydrogens is 482 g/mol. The lowest BCUT2D eigenvalue weighted by atomic mass is 9.82. The molecule has 0 radical (unpaired) electrons. The largest absolute Gasteiger partial charge is 0.454 e. The number of sulfone groups is 1. The Morgan fingerprint density at radius 3 is 2.58 bits per heavy atom. The van der Waals surface area contributed by atoms with E-state index >= 15 is 0 Å². The summed E-state index contributed by atoms with van der Waals surface area (Å²) in [6.45, 7) is 3.73. The Morgan fingerprint density at radius 1 is 1.22 bits per heavy atom. The van der Waals surface area contributed by atoms with Crippen molar-refractivity contribution in [3.63, 3.8) is 0 Å². The zero-order valence-corrected chi connectivity index (χ0v) is 20.7. The minimum absolute atomic E-state index is 0.0410. The van der Waals surface area contributed by atoms with Crippen LogP contribution in [0.2, 0.25) is 0 Å². The number of nitrogen functional groups attached to an aromatic ring is 1. The second-order valence-electron chi connectivity index (χ2n) is 10.1. The van der Waals surface area contributed by atoms with Crippen LogP contribution in [0.25, 0.3) is 0 Å². The van der Waals surface area contributed by atoms with Crippen LogP contribution >= 0.6 is 0 Å². The number of carbonyl (C=O) groups excluding carboxylic acids is 2. The molecule has 5 N–H and O–H groups in total. The maximum absolute atomic E-state index is 14.0. The van der Waals surface area contributed by atoms with E-state index in [0.29, 0.717) is 28.7 Å². The molecule has 2 aliphatic carbocycles. The fourth-order valence-electron chi connectivity index (χ4n) is 5.60. The smallest absolute Gasteiger partial charge is 0.271 e. The lowest BCUT2D eigenvalue weighted by molar-refractivity contribution is -0.169. The Balaban J connectivity index is 1.52. The maximum Gasteiger partial charge on any atom is 0.271 e. The summed E-state index contributed by atoms with van der Waals surface area (Å²) in [4.78, 5) is 30.3. The molecule has 9 nitrogen and oxygen atoms in total. The Labute approximate surface area is 207 Å². The molecular formula is C26H25N3O6S. The van der Waals surface area contributed by atoms with Crippen molar-refractivity contribution < 1.29 is 27.9 Å². The summed E-state index contributed by atoms with van der Waals surface area (Å²) in [5.74, 6) is -2.42. The van der Waals surface area contributed by atoms with E-state index in [1.165, 1.54) is 6.07 Å². The third kappa shape index (κ3) is 2.82. The van der Waals surface area contributed by atoms with Crippen molar-refractivity contribution in [1.29, 1.82) is 0 Å². The average Bonchev–Trinajstić information content (AvgIpc) is 3.22. The third-order valence-electron chi connectivity index (χ3n) is 7.66. The number of hydrogen-bond donors (Lipinski definition) is 4. The van der Waals surface area contributed by atoms with Crippen LogP contribution in [0.15, 0.2) is 47.5 Å². The average molecular weight is 508 g/mol. The van der Waals surface area contributed by atoms with E-state index in [4.69, 9.17) is 10.5 Å². The van der Waals surface area contributed by atoms with Crippen LogP contribution < -0.4 is 15.8 Å². The van der Waals surface area contributed by atoms with Crippen LogP contribution in [0.3, 0.4) is 0 Å². The van der Waals surface area contributed by atoms with Crippen molar-refractivity contribution in [2.45, 2.75) is 42.5 Å². The van der Waals surface area contributed by atoms with E-state index in [9.17, 15) is 23.1 Å². The van der Waals surface area contributed by atoms with Gasteiger partial charge < -0.3 is 25.9 Å². The number of anilines is 1. The van der Waals surface area contributed by atoms with Gasteiger partial charge in [0.05, 0.1) is 5.56 Å². The van der Waals surface area contributed by atoms with Gasteiger partial charge >= 0.3 is 0 Å². The monoisotopic (exact) mass is 507 g/mol. The first kappa shape index (κ1) is 22.8. The lowest BCUT2D eigenvalue weighted by Gasteiger charge is -2.34. The molecule has 0 saturated heterocycles. The summed E-state index contributed by atoms with van der Waals surface area (Å²) in [5.41, 5.74) is 6.17. The number of aromatic nitrogens is 1. The van der Waals surface area contributed by atoms with Crippen molar-refractivity contribution in [1.82, 2.24) is 10.3 Å². The fourth-order valence-corrected chi connectivity index (χ4v) is 6.28. The highest BCUT2D eigenvalue weighted by Gasteiger charge is 2.72. The molecule has 0 spiro atoms. The number of rotatable bonds is 4. The highest BCUT2D eigenvalue weighted by molar-refractivity contribution is 7.90. The molecule has 186 valence electrons. The van der Waals surface area contributed by atoms with Crippen LogP contribution in [0, 0.1) is 12.8 Å². The first-order valence-electron chi connectivity index (χ1n) is 11.6. The molecule has 4 atom stereocenters. The molecule has 1 fully saturated rings. The number of ketones is 1. The second kappa shape index (κ2) is 6.98. The molecule has 3 aliphatic rings. The normalized spacial score (nSPS) is 27.7. The van der Waals surface area contributed by atoms with Gasteiger partial charge in [-0.3, -0.25) is 9.59 Å². The zero-order chi connectivity index (χ0) is 25.8. The summed E-state index contributed by atoms with van der Waals surface area (Å²) in [7, 11) is -3.61. The van der Waals surface area contributed by atoms with Crippen molar-refractivity contribution >= 4 is 27.2 Å². The van der Waals surface area contributed by atoms with Crippen molar-refractivity contribution in [2.75, 3.05) is 12.0 Å². The minimum atomic E-state index is -3.61. The minimum Gasteiger partial charge on any atom is -0.454 e. The standard InChI is InChI=1S/C26H25N3O6S/c1-12-9-15(12)14-7-8-16-19(11-14)35-26(32)17-5-4-6-18(27)21(17)23(30)25(16,26)29-24(31)22-13(2)10-20(28-22)36(3,33)34/h4-8,10-12,15,28,32H,9,27H2,1-3H3,(H,29,31)/t12-,15?,25?,26?/m0/s1. The van der Waals surface area contributed by atoms with Gasteiger partial charge in [-0.25, -0.2) is 8.42 Å². The third-order valence-corrected chi connectivity index (χ3v) is 8.68. The van der Waals surface area contributed by atoms with E-state index in [1.54, 1.807) is 31.2 Å². The molecule has 1 aromatic heterocycles. The Morgan fingerprint density at radius 2 is 1.94 bits per heavy atom. The van der Waals surface area contributed by atoms with Gasteiger partial charge in [0.15, 0.2) is 9.84 Å². The van der Waals surface area contributed by atoms with Crippen LogP contribution in [-0.4, -0.2) is 36.5 Å². The van der Waals surface area contributed by atoms with Crippen molar-refractivity contribution in [2.24, 2.45) is 5.92 Å². The first-order valence-corrected chi connectivity index (χ1v) is 13.5. The molecule has 1 saturated carbocycles. The summed E-state index contributed by atoms with van der Waals surface area (Å²) in [6.07, 6.45) is 2.06. The summed E-state index contributed by atoms with van der Waals surface area (Å²) in [6, 6.07) is 11.5. The molecule has 1 amide bonds. The van der Waals surface area contributed by atoms with Gasteiger partial charge in [-0.1, -0.05) is 31.2 Å². The van der Waals surface area contributed by atoms with Gasteiger partial charge in [-0.2, -0.15) is 0 Å². The van der Waals surface area contributed by atoms with Crippen molar-refractivity contribution in [3.05, 3.63) is 76.0 Å². The highest BCUT2D eigenvalue weighted by Crippen LogP contribution is 2.60. The highest BCUT2D eigenvalue weighted by atomic mass is 32.2. The predicted octanol–water partition coefficient (Wildman–Crippen LogP) is 2.49. The maximum atomic E-state index is 14.0. The number of carbonyl (C=O) groups is 2. The number of aliphatic hydroxyl groups is 1. The quantitative estimate of drug-likeness (QED) is 0.396. The molecule has 10 heteroatoms. The first-order chi connectivity index (χ1) is 16.9. The van der Waals surface area contributed by atoms with E-state index < -0.39 is 32.9 Å². The molecule has 2 heterocycles. The van der Waals surface area contributed by atoms with Gasteiger partial charge in [0.1, 0.15) is 16.5 Å². The van der Waals surface area contributed by atoms with Gasteiger partial charge in [0.25, 0.3) is 11.7 Å². The number of H-pyrrole nitrogens is 1. The van der Waals surface area contributed by atoms with Gasteiger partial charge in [0.2, 0.25) is 11.3 Å². The van der Waals surface area contributed by atoms with E-state index in [1.807, 2.05) is 12.1 Å². The number of aryl methyl sites for hydroxylation is 1. The molecule has 2 aromatic carbocycles. The fraction of sp³-hybridized carbons (Fsp3) is 0.308. The van der Waals surface area contributed by atoms with E-state index in [0.717, 1.165) is 18.2 Å². The molecule has 36 heavy (non-hydrogen) atoms. The second-order valence-corrected chi connectivity index (χ2v) is 12.1. The number of nitrogens with two attached hydrogens (primary N) is 1. The number of Topliss-reactive ketones (excluding diaryl/α,β-unsaturated/α-hetero) is 1. The van der Waals surface area contributed by atoms with Gasteiger partial charge in [-0.05, 0) is 54.5 Å². The topological polar surface area (TPSA) is 152 Å². The summed E-state index contributed by atoms with van der Waals surface area (Å²) < 4.78 is 30.2. The molecule has 0 bridgehead atoms.